The first-order valence-corrected chi connectivity index (χ1v) is 6.73. The summed E-state index contributed by atoms with van der Waals surface area (Å²) in [5.41, 5.74) is 7.28. The predicted octanol–water partition coefficient (Wildman–Crippen LogP) is 3.69. The van der Waals surface area contributed by atoms with Crippen LogP contribution in [0.1, 0.15) is 37.7 Å². The Hall–Kier alpha value is -0.730. The molecule has 2 unspecified atom stereocenters. The minimum Gasteiger partial charge on any atom is -0.487 e. The van der Waals surface area contributed by atoms with Crippen LogP contribution < -0.4 is 10.5 Å². The van der Waals surface area contributed by atoms with Crippen LogP contribution in [0, 0.1) is 6.92 Å². The van der Waals surface area contributed by atoms with Crippen LogP contribution in [0.2, 0.25) is 5.02 Å². The molecular formula is C14H20ClNO. The SMILES string of the molecule is Cc1ccc(OC2CCCCCC2N)c(Cl)c1. The lowest BCUT2D eigenvalue weighted by atomic mass is 10.1. The zero-order chi connectivity index (χ0) is 12.3. The third-order valence-corrected chi connectivity index (χ3v) is 3.66. The lowest BCUT2D eigenvalue weighted by Gasteiger charge is -2.23. The van der Waals surface area contributed by atoms with Crippen molar-refractivity contribution in [3.8, 4) is 5.75 Å². The van der Waals surface area contributed by atoms with Crippen LogP contribution in [0.4, 0.5) is 0 Å². The summed E-state index contributed by atoms with van der Waals surface area (Å²) < 4.78 is 5.98. The average Bonchev–Trinajstić information content (AvgIpc) is 2.48. The molecule has 0 spiro atoms. The van der Waals surface area contributed by atoms with Gasteiger partial charge in [0.05, 0.1) is 5.02 Å². The van der Waals surface area contributed by atoms with Crippen molar-refractivity contribution in [2.45, 2.75) is 51.2 Å². The molecule has 94 valence electrons. The first kappa shape index (κ1) is 12.7. The van der Waals surface area contributed by atoms with Gasteiger partial charge in [-0.2, -0.15) is 0 Å². The van der Waals surface area contributed by atoms with Crippen molar-refractivity contribution in [2.75, 3.05) is 0 Å². The molecule has 1 saturated carbocycles. The van der Waals surface area contributed by atoms with Crippen molar-refractivity contribution < 1.29 is 4.74 Å². The fourth-order valence-electron chi connectivity index (χ4n) is 2.31. The Morgan fingerprint density at radius 2 is 2.00 bits per heavy atom. The zero-order valence-electron chi connectivity index (χ0n) is 10.3. The molecule has 17 heavy (non-hydrogen) atoms. The van der Waals surface area contributed by atoms with Gasteiger partial charge in [0, 0.05) is 6.04 Å². The van der Waals surface area contributed by atoms with Crippen LogP contribution in [0.3, 0.4) is 0 Å². The van der Waals surface area contributed by atoms with Gasteiger partial charge < -0.3 is 10.5 Å². The molecule has 1 aliphatic rings. The molecule has 0 heterocycles. The maximum absolute atomic E-state index is 6.17. The largest absolute Gasteiger partial charge is 0.487 e. The normalized spacial score (nSPS) is 25.4. The summed E-state index contributed by atoms with van der Waals surface area (Å²) in [6, 6.07) is 6.02. The minimum absolute atomic E-state index is 0.109. The molecule has 2 N–H and O–H groups in total. The molecule has 0 aromatic heterocycles. The molecule has 2 rings (SSSR count). The van der Waals surface area contributed by atoms with Crippen LogP contribution in [0.15, 0.2) is 18.2 Å². The van der Waals surface area contributed by atoms with E-state index in [2.05, 4.69) is 0 Å². The van der Waals surface area contributed by atoms with E-state index in [1.165, 1.54) is 19.3 Å². The summed E-state index contributed by atoms with van der Waals surface area (Å²) in [5, 5.41) is 0.682. The van der Waals surface area contributed by atoms with E-state index >= 15 is 0 Å². The summed E-state index contributed by atoms with van der Waals surface area (Å²) in [6.07, 6.45) is 5.86. The number of benzene rings is 1. The molecule has 0 amide bonds. The van der Waals surface area contributed by atoms with Crippen LogP contribution in [0.5, 0.6) is 5.75 Å². The van der Waals surface area contributed by atoms with E-state index in [0.717, 1.165) is 24.2 Å². The molecule has 1 aliphatic carbocycles. The zero-order valence-corrected chi connectivity index (χ0v) is 11.0. The maximum Gasteiger partial charge on any atom is 0.138 e. The molecule has 3 heteroatoms. The van der Waals surface area contributed by atoms with Gasteiger partial charge in [-0.05, 0) is 43.9 Å². The van der Waals surface area contributed by atoms with E-state index < -0.39 is 0 Å². The molecule has 1 aromatic carbocycles. The number of halogens is 1. The van der Waals surface area contributed by atoms with Crippen LogP contribution >= 0.6 is 11.6 Å². The van der Waals surface area contributed by atoms with E-state index in [0.29, 0.717) is 5.02 Å². The molecule has 0 bridgehead atoms. The van der Waals surface area contributed by atoms with Crippen LogP contribution in [0.25, 0.3) is 0 Å². The monoisotopic (exact) mass is 253 g/mol. The Balaban J connectivity index is 2.08. The van der Waals surface area contributed by atoms with Crippen molar-refractivity contribution >= 4 is 11.6 Å². The Bertz CT molecular complexity index is 380. The second-order valence-corrected chi connectivity index (χ2v) is 5.30. The Morgan fingerprint density at radius 1 is 1.24 bits per heavy atom. The summed E-state index contributed by atoms with van der Waals surface area (Å²) in [6.45, 7) is 2.02. The molecule has 1 fully saturated rings. The van der Waals surface area contributed by atoms with Crippen LogP contribution in [-0.2, 0) is 0 Å². The lowest BCUT2D eigenvalue weighted by Crippen LogP contribution is -2.37. The number of aryl methyl sites for hydroxylation is 1. The molecule has 2 atom stereocenters. The summed E-state index contributed by atoms with van der Waals surface area (Å²) in [7, 11) is 0. The molecular weight excluding hydrogens is 234 g/mol. The van der Waals surface area contributed by atoms with E-state index in [1.807, 2.05) is 25.1 Å². The van der Waals surface area contributed by atoms with Crippen molar-refractivity contribution in [1.82, 2.24) is 0 Å². The molecule has 1 aromatic rings. The summed E-state index contributed by atoms with van der Waals surface area (Å²) in [4.78, 5) is 0. The molecule has 0 saturated heterocycles. The van der Waals surface area contributed by atoms with Gasteiger partial charge in [0.2, 0.25) is 0 Å². The number of hydrogen-bond acceptors (Lipinski definition) is 2. The maximum atomic E-state index is 6.17. The van der Waals surface area contributed by atoms with Gasteiger partial charge in [-0.1, -0.05) is 30.5 Å². The smallest absolute Gasteiger partial charge is 0.138 e. The number of hydrogen-bond donors (Lipinski definition) is 1. The fraction of sp³-hybridized carbons (Fsp3) is 0.571. The number of rotatable bonds is 2. The highest BCUT2D eigenvalue weighted by molar-refractivity contribution is 6.32. The highest BCUT2D eigenvalue weighted by Crippen LogP contribution is 2.29. The van der Waals surface area contributed by atoms with E-state index in [1.54, 1.807) is 0 Å². The van der Waals surface area contributed by atoms with Gasteiger partial charge in [0.1, 0.15) is 11.9 Å². The van der Waals surface area contributed by atoms with E-state index in [-0.39, 0.29) is 12.1 Å². The molecule has 0 radical (unpaired) electrons. The topological polar surface area (TPSA) is 35.2 Å². The average molecular weight is 254 g/mol. The van der Waals surface area contributed by atoms with Gasteiger partial charge in [0.25, 0.3) is 0 Å². The highest BCUT2D eigenvalue weighted by atomic mass is 35.5. The quantitative estimate of drug-likeness (QED) is 0.816. The second-order valence-electron chi connectivity index (χ2n) is 4.89. The molecule has 2 nitrogen and oxygen atoms in total. The van der Waals surface area contributed by atoms with Gasteiger partial charge in [-0.25, -0.2) is 0 Å². The first-order chi connectivity index (χ1) is 8.16. The lowest BCUT2D eigenvalue weighted by molar-refractivity contribution is 0.163. The van der Waals surface area contributed by atoms with Gasteiger partial charge in [0.15, 0.2) is 0 Å². The highest BCUT2D eigenvalue weighted by Gasteiger charge is 2.22. The molecule has 0 aliphatic heterocycles. The fourth-order valence-corrected chi connectivity index (χ4v) is 2.59. The Kier molecular flexibility index (Phi) is 4.30. The Morgan fingerprint density at radius 3 is 2.76 bits per heavy atom. The van der Waals surface area contributed by atoms with Crippen molar-refractivity contribution in [3.63, 3.8) is 0 Å². The van der Waals surface area contributed by atoms with E-state index in [9.17, 15) is 0 Å². The third kappa shape index (κ3) is 3.36. The summed E-state index contributed by atoms with van der Waals surface area (Å²) >= 11 is 6.17. The van der Waals surface area contributed by atoms with Crippen molar-refractivity contribution in [3.05, 3.63) is 28.8 Å². The number of ether oxygens (including phenoxy) is 1. The van der Waals surface area contributed by atoms with E-state index in [4.69, 9.17) is 22.1 Å². The van der Waals surface area contributed by atoms with Gasteiger partial charge in [-0.3, -0.25) is 0 Å². The Labute approximate surface area is 108 Å². The minimum atomic E-state index is 0.109. The standard InChI is InChI=1S/C14H20ClNO/c1-10-7-8-13(11(15)9-10)17-14-6-4-2-3-5-12(14)16/h7-9,12,14H,2-6,16H2,1H3. The van der Waals surface area contributed by atoms with Gasteiger partial charge >= 0.3 is 0 Å². The van der Waals surface area contributed by atoms with Gasteiger partial charge in [-0.15, -0.1) is 0 Å². The van der Waals surface area contributed by atoms with Crippen molar-refractivity contribution in [1.29, 1.82) is 0 Å². The third-order valence-electron chi connectivity index (χ3n) is 3.37. The number of nitrogens with two attached hydrogens (primary N) is 1. The van der Waals surface area contributed by atoms with Crippen molar-refractivity contribution in [2.24, 2.45) is 5.73 Å². The van der Waals surface area contributed by atoms with Crippen LogP contribution in [-0.4, -0.2) is 12.1 Å². The predicted molar refractivity (Wildman–Crippen MR) is 71.7 cm³/mol. The first-order valence-electron chi connectivity index (χ1n) is 6.35. The summed E-state index contributed by atoms with van der Waals surface area (Å²) in [5.74, 6) is 0.764. The second kappa shape index (κ2) is 5.74.